The van der Waals surface area contributed by atoms with Crippen molar-refractivity contribution < 1.29 is 9.53 Å². The standard InChI is InChI=1S/C17H23N5O2S/c1-12-5-3-4-6-15(12)18-16(23)11-25-17-19-20-21-22(17)13-7-9-14(24-2)10-8-13/h7-10,12,15H,3-6,11H2,1-2H3,(H,18,23)/t12-,15-/m0/s1. The molecule has 1 aromatic heterocycles. The van der Waals surface area contributed by atoms with E-state index in [4.69, 9.17) is 4.74 Å². The summed E-state index contributed by atoms with van der Waals surface area (Å²) in [6.07, 6.45) is 4.71. The first-order valence-corrected chi connectivity index (χ1v) is 9.51. The van der Waals surface area contributed by atoms with Gasteiger partial charge in [0.1, 0.15) is 5.75 Å². The number of hydrogen-bond acceptors (Lipinski definition) is 6. The molecule has 1 N–H and O–H groups in total. The van der Waals surface area contributed by atoms with Crippen LogP contribution in [-0.4, -0.2) is 45.0 Å². The Kier molecular flexibility index (Phi) is 5.91. The first-order valence-electron chi connectivity index (χ1n) is 8.52. The molecule has 3 rings (SSSR count). The van der Waals surface area contributed by atoms with Gasteiger partial charge >= 0.3 is 0 Å². The summed E-state index contributed by atoms with van der Waals surface area (Å²) < 4.78 is 6.78. The summed E-state index contributed by atoms with van der Waals surface area (Å²) in [5.41, 5.74) is 0.828. The van der Waals surface area contributed by atoms with Crippen LogP contribution in [0.3, 0.4) is 0 Å². The number of nitrogens with zero attached hydrogens (tertiary/aromatic N) is 4. The first-order chi connectivity index (χ1) is 12.2. The summed E-state index contributed by atoms with van der Waals surface area (Å²) >= 11 is 1.34. The van der Waals surface area contributed by atoms with Gasteiger partial charge in [0, 0.05) is 6.04 Å². The summed E-state index contributed by atoms with van der Waals surface area (Å²) in [6, 6.07) is 7.75. The Morgan fingerprint density at radius 3 is 2.80 bits per heavy atom. The van der Waals surface area contributed by atoms with Crippen LogP contribution in [0.15, 0.2) is 29.4 Å². The van der Waals surface area contributed by atoms with Gasteiger partial charge in [-0.25, -0.2) is 0 Å². The largest absolute Gasteiger partial charge is 0.497 e. The fraction of sp³-hybridized carbons (Fsp3) is 0.529. The fourth-order valence-electron chi connectivity index (χ4n) is 3.06. The predicted octanol–water partition coefficient (Wildman–Crippen LogP) is 2.46. The quantitative estimate of drug-likeness (QED) is 0.796. The number of nitrogens with one attached hydrogen (secondary N) is 1. The minimum atomic E-state index is 0.0352. The van der Waals surface area contributed by atoms with Crippen LogP contribution in [0.25, 0.3) is 5.69 Å². The smallest absolute Gasteiger partial charge is 0.230 e. The summed E-state index contributed by atoms with van der Waals surface area (Å²) in [6.45, 7) is 2.21. The van der Waals surface area contributed by atoms with Gasteiger partial charge in [-0.3, -0.25) is 4.79 Å². The maximum Gasteiger partial charge on any atom is 0.230 e. The highest BCUT2D eigenvalue weighted by Gasteiger charge is 2.23. The van der Waals surface area contributed by atoms with Crippen molar-refractivity contribution in [1.82, 2.24) is 25.5 Å². The van der Waals surface area contributed by atoms with Crippen LogP contribution in [0.2, 0.25) is 0 Å². The summed E-state index contributed by atoms with van der Waals surface area (Å²) in [5.74, 6) is 1.66. The molecule has 1 fully saturated rings. The number of methoxy groups -OCH3 is 1. The number of carbonyl (C=O) groups is 1. The van der Waals surface area contributed by atoms with E-state index in [0.717, 1.165) is 17.9 Å². The molecular weight excluding hydrogens is 338 g/mol. The molecule has 2 aromatic rings. The molecule has 1 aromatic carbocycles. The molecule has 1 heterocycles. The van der Waals surface area contributed by atoms with Crippen molar-refractivity contribution in [3.8, 4) is 11.4 Å². The molecule has 0 radical (unpaired) electrons. The Morgan fingerprint density at radius 2 is 2.08 bits per heavy atom. The molecule has 0 saturated heterocycles. The van der Waals surface area contributed by atoms with Gasteiger partial charge in [-0.2, -0.15) is 4.68 Å². The zero-order chi connectivity index (χ0) is 17.6. The molecule has 0 aliphatic heterocycles. The molecule has 8 heteroatoms. The highest BCUT2D eigenvalue weighted by atomic mass is 32.2. The second kappa shape index (κ2) is 8.33. The lowest BCUT2D eigenvalue weighted by molar-refractivity contribution is -0.119. The van der Waals surface area contributed by atoms with E-state index >= 15 is 0 Å². The second-order valence-electron chi connectivity index (χ2n) is 6.30. The maximum absolute atomic E-state index is 12.3. The number of amides is 1. The SMILES string of the molecule is COc1ccc(-n2nnnc2SCC(=O)N[C@H]2CCCC[C@@H]2C)cc1. The monoisotopic (exact) mass is 361 g/mol. The minimum Gasteiger partial charge on any atom is -0.497 e. The van der Waals surface area contributed by atoms with Crippen molar-refractivity contribution in [2.75, 3.05) is 12.9 Å². The van der Waals surface area contributed by atoms with Crippen LogP contribution in [0, 0.1) is 5.92 Å². The van der Waals surface area contributed by atoms with Gasteiger partial charge in [0.25, 0.3) is 0 Å². The number of carbonyl (C=O) groups excluding carboxylic acids is 1. The van der Waals surface area contributed by atoms with Gasteiger partial charge < -0.3 is 10.1 Å². The molecule has 1 aliphatic carbocycles. The Balaban J connectivity index is 1.58. The van der Waals surface area contributed by atoms with E-state index in [9.17, 15) is 4.79 Å². The second-order valence-corrected chi connectivity index (χ2v) is 7.24. The molecule has 7 nitrogen and oxygen atoms in total. The van der Waals surface area contributed by atoms with Gasteiger partial charge in [-0.15, -0.1) is 5.10 Å². The number of thioether (sulfide) groups is 1. The van der Waals surface area contributed by atoms with Crippen LogP contribution in [0.5, 0.6) is 5.75 Å². The first kappa shape index (κ1) is 17.7. The molecule has 1 saturated carbocycles. The predicted molar refractivity (Wildman–Crippen MR) is 96.0 cm³/mol. The van der Waals surface area contributed by atoms with Crippen molar-refractivity contribution in [3.05, 3.63) is 24.3 Å². The average Bonchev–Trinajstić information content (AvgIpc) is 3.10. The van der Waals surface area contributed by atoms with Crippen LogP contribution in [-0.2, 0) is 4.79 Å². The lowest BCUT2D eigenvalue weighted by Crippen LogP contribution is -2.41. The van der Waals surface area contributed by atoms with E-state index in [1.165, 1.54) is 31.0 Å². The molecule has 25 heavy (non-hydrogen) atoms. The van der Waals surface area contributed by atoms with E-state index < -0.39 is 0 Å². The highest BCUT2D eigenvalue weighted by Crippen LogP contribution is 2.24. The Morgan fingerprint density at radius 1 is 1.32 bits per heavy atom. The maximum atomic E-state index is 12.3. The average molecular weight is 361 g/mol. The van der Waals surface area contributed by atoms with Crippen molar-refractivity contribution in [2.45, 2.75) is 43.8 Å². The fourth-order valence-corrected chi connectivity index (χ4v) is 3.77. The topological polar surface area (TPSA) is 81.9 Å². The number of rotatable bonds is 6. The number of tetrazole rings is 1. The van der Waals surface area contributed by atoms with Gasteiger partial charge in [0.05, 0.1) is 18.6 Å². The zero-order valence-electron chi connectivity index (χ0n) is 14.5. The van der Waals surface area contributed by atoms with E-state index in [2.05, 4.69) is 27.8 Å². The number of hydrogen-bond donors (Lipinski definition) is 1. The third kappa shape index (κ3) is 4.50. The Bertz CT molecular complexity index is 703. The summed E-state index contributed by atoms with van der Waals surface area (Å²) in [7, 11) is 1.62. The molecule has 2 atom stereocenters. The Labute approximate surface area is 151 Å². The molecule has 0 bridgehead atoms. The van der Waals surface area contributed by atoms with Crippen LogP contribution in [0.1, 0.15) is 32.6 Å². The molecule has 1 amide bonds. The van der Waals surface area contributed by atoms with Crippen molar-refractivity contribution in [2.24, 2.45) is 5.92 Å². The molecule has 0 unspecified atom stereocenters. The molecule has 0 spiro atoms. The number of benzene rings is 1. The third-order valence-corrected chi connectivity index (χ3v) is 5.47. The molecule has 134 valence electrons. The minimum absolute atomic E-state index is 0.0352. The van der Waals surface area contributed by atoms with E-state index in [-0.39, 0.29) is 5.91 Å². The summed E-state index contributed by atoms with van der Waals surface area (Å²) in [5, 5.41) is 15.5. The van der Waals surface area contributed by atoms with Gasteiger partial charge in [-0.1, -0.05) is 31.5 Å². The van der Waals surface area contributed by atoms with Crippen molar-refractivity contribution in [1.29, 1.82) is 0 Å². The van der Waals surface area contributed by atoms with Crippen LogP contribution >= 0.6 is 11.8 Å². The van der Waals surface area contributed by atoms with Gasteiger partial charge in [0.15, 0.2) is 0 Å². The number of aromatic nitrogens is 4. The van der Waals surface area contributed by atoms with Crippen LogP contribution < -0.4 is 10.1 Å². The highest BCUT2D eigenvalue weighted by molar-refractivity contribution is 7.99. The lowest BCUT2D eigenvalue weighted by Gasteiger charge is -2.29. The van der Waals surface area contributed by atoms with Gasteiger partial charge in [0.2, 0.25) is 11.1 Å². The summed E-state index contributed by atoms with van der Waals surface area (Å²) in [4.78, 5) is 12.3. The Hall–Kier alpha value is -2.09. The van der Waals surface area contributed by atoms with Gasteiger partial charge in [-0.05, 0) is 53.5 Å². The number of ether oxygens (including phenoxy) is 1. The van der Waals surface area contributed by atoms with E-state index in [0.29, 0.717) is 22.9 Å². The lowest BCUT2D eigenvalue weighted by atomic mass is 9.86. The van der Waals surface area contributed by atoms with Crippen molar-refractivity contribution >= 4 is 17.7 Å². The van der Waals surface area contributed by atoms with Crippen molar-refractivity contribution in [3.63, 3.8) is 0 Å². The van der Waals surface area contributed by atoms with Crippen LogP contribution in [0.4, 0.5) is 0 Å². The third-order valence-electron chi connectivity index (χ3n) is 4.55. The normalized spacial score (nSPS) is 20.2. The van der Waals surface area contributed by atoms with E-state index in [1.54, 1.807) is 11.8 Å². The molecular formula is C17H23N5O2S. The van der Waals surface area contributed by atoms with E-state index in [1.807, 2.05) is 24.3 Å². The zero-order valence-corrected chi connectivity index (χ0v) is 15.3. The molecule has 1 aliphatic rings.